The number of rotatable bonds is 8. The molecule has 0 saturated carbocycles. The van der Waals surface area contributed by atoms with Crippen molar-refractivity contribution in [1.29, 1.82) is 0 Å². The molecule has 0 aliphatic rings. The zero-order chi connectivity index (χ0) is 19.9. The summed E-state index contributed by atoms with van der Waals surface area (Å²) in [6, 6.07) is 15.5. The summed E-state index contributed by atoms with van der Waals surface area (Å²) in [5.74, 6) is 2.58. The van der Waals surface area contributed by atoms with Gasteiger partial charge in [0.1, 0.15) is 12.4 Å². The number of hydrogen-bond acceptors (Lipinski definition) is 5. The topological polar surface area (TPSA) is 78.3 Å². The third-order valence-corrected chi connectivity index (χ3v) is 4.29. The van der Waals surface area contributed by atoms with Crippen LogP contribution in [0.1, 0.15) is 11.4 Å². The van der Waals surface area contributed by atoms with Gasteiger partial charge in [0.05, 0.1) is 14.2 Å². The molecule has 0 spiro atoms. The van der Waals surface area contributed by atoms with Gasteiger partial charge in [-0.2, -0.15) is 5.10 Å². The SMILES string of the molecule is COc1ccc(CCNC(=O)Cn2nc(C)nc2-c2ccccc2)cc1OC. The molecule has 0 unspecified atom stereocenters. The van der Waals surface area contributed by atoms with E-state index in [1.807, 2.05) is 55.5 Å². The molecule has 1 heterocycles. The first kappa shape index (κ1) is 19.4. The molecule has 0 radical (unpaired) electrons. The van der Waals surface area contributed by atoms with Crippen LogP contribution in [0, 0.1) is 6.92 Å². The predicted molar refractivity (Wildman–Crippen MR) is 106 cm³/mol. The Morgan fingerprint density at radius 2 is 1.82 bits per heavy atom. The van der Waals surface area contributed by atoms with E-state index in [0.29, 0.717) is 36.1 Å². The summed E-state index contributed by atoms with van der Waals surface area (Å²) >= 11 is 0. The molecule has 0 atom stereocenters. The Morgan fingerprint density at radius 1 is 1.07 bits per heavy atom. The van der Waals surface area contributed by atoms with E-state index in [0.717, 1.165) is 11.1 Å². The van der Waals surface area contributed by atoms with Gasteiger partial charge in [0.25, 0.3) is 0 Å². The zero-order valence-corrected chi connectivity index (χ0v) is 16.3. The summed E-state index contributed by atoms with van der Waals surface area (Å²) in [7, 11) is 3.21. The first-order valence-electron chi connectivity index (χ1n) is 9.05. The van der Waals surface area contributed by atoms with E-state index in [4.69, 9.17) is 9.47 Å². The summed E-state index contributed by atoms with van der Waals surface area (Å²) in [6.07, 6.45) is 0.689. The smallest absolute Gasteiger partial charge is 0.241 e. The maximum Gasteiger partial charge on any atom is 0.241 e. The van der Waals surface area contributed by atoms with Gasteiger partial charge in [-0.05, 0) is 31.0 Å². The van der Waals surface area contributed by atoms with Crippen molar-refractivity contribution in [1.82, 2.24) is 20.1 Å². The lowest BCUT2D eigenvalue weighted by atomic mass is 10.1. The fourth-order valence-corrected chi connectivity index (χ4v) is 2.94. The second-order valence-electron chi connectivity index (χ2n) is 6.30. The van der Waals surface area contributed by atoms with Crippen LogP contribution in [0.15, 0.2) is 48.5 Å². The van der Waals surface area contributed by atoms with Crippen molar-refractivity contribution < 1.29 is 14.3 Å². The Labute approximate surface area is 164 Å². The van der Waals surface area contributed by atoms with Crippen LogP contribution in [0.2, 0.25) is 0 Å². The van der Waals surface area contributed by atoms with Gasteiger partial charge in [-0.1, -0.05) is 36.4 Å². The Morgan fingerprint density at radius 3 is 2.54 bits per heavy atom. The van der Waals surface area contributed by atoms with Crippen molar-refractivity contribution in [2.24, 2.45) is 0 Å². The summed E-state index contributed by atoms with van der Waals surface area (Å²) < 4.78 is 12.2. The molecule has 0 bridgehead atoms. The number of carbonyl (C=O) groups excluding carboxylic acids is 1. The monoisotopic (exact) mass is 380 g/mol. The van der Waals surface area contributed by atoms with E-state index >= 15 is 0 Å². The van der Waals surface area contributed by atoms with E-state index in [9.17, 15) is 4.79 Å². The van der Waals surface area contributed by atoms with Crippen LogP contribution in [-0.4, -0.2) is 41.4 Å². The molecule has 3 rings (SSSR count). The van der Waals surface area contributed by atoms with Crippen molar-refractivity contribution in [3.05, 3.63) is 59.9 Å². The number of aryl methyl sites for hydroxylation is 1. The van der Waals surface area contributed by atoms with Gasteiger partial charge >= 0.3 is 0 Å². The molecule has 146 valence electrons. The third kappa shape index (κ3) is 4.68. The molecule has 0 aliphatic heterocycles. The highest BCUT2D eigenvalue weighted by Crippen LogP contribution is 2.27. The van der Waals surface area contributed by atoms with E-state index < -0.39 is 0 Å². The van der Waals surface area contributed by atoms with Crippen LogP contribution in [-0.2, 0) is 17.8 Å². The molecule has 1 aromatic heterocycles. The van der Waals surface area contributed by atoms with Crippen LogP contribution in [0.3, 0.4) is 0 Å². The average Bonchev–Trinajstić information content (AvgIpc) is 3.08. The van der Waals surface area contributed by atoms with Gasteiger partial charge in [-0.25, -0.2) is 9.67 Å². The maximum absolute atomic E-state index is 12.4. The summed E-state index contributed by atoms with van der Waals surface area (Å²) in [5, 5.41) is 7.28. The lowest BCUT2D eigenvalue weighted by Gasteiger charge is -2.10. The van der Waals surface area contributed by atoms with Gasteiger partial charge in [-0.3, -0.25) is 4.79 Å². The van der Waals surface area contributed by atoms with Crippen molar-refractivity contribution in [3.8, 4) is 22.9 Å². The van der Waals surface area contributed by atoms with Crippen LogP contribution >= 0.6 is 0 Å². The van der Waals surface area contributed by atoms with Gasteiger partial charge in [0.2, 0.25) is 5.91 Å². The van der Waals surface area contributed by atoms with Crippen molar-refractivity contribution in [2.75, 3.05) is 20.8 Å². The molecule has 0 saturated heterocycles. The van der Waals surface area contributed by atoms with Gasteiger partial charge < -0.3 is 14.8 Å². The minimum atomic E-state index is -0.109. The normalized spacial score (nSPS) is 10.5. The fourth-order valence-electron chi connectivity index (χ4n) is 2.94. The summed E-state index contributed by atoms with van der Waals surface area (Å²) in [6.45, 7) is 2.46. The molecule has 1 amide bonds. The first-order valence-corrected chi connectivity index (χ1v) is 9.05. The zero-order valence-electron chi connectivity index (χ0n) is 16.3. The number of ether oxygens (including phenoxy) is 2. The van der Waals surface area contributed by atoms with Crippen molar-refractivity contribution in [3.63, 3.8) is 0 Å². The van der Waals surface area contributed by atoms with E-state index in [-0.39, 0.29) is 12.5 Å². The summed E-state index contributed by atoms with van der Waals surface area (Å²) in [5.41, 5.74) is 1.99. The minimum absolute atomic E-state index is 0.109. The highest BCUT2D eigenvalue weighted by atomic mass is 16.5. The Balaban J connectivity index is 1.58. The predicted octanol–water partition coefficient (Wildman–Crippen LogP) is 2.63. The molecule has 3 aromatic rings. The van der Waals surface area contributed by atoms with Crippen molar-refractivity contribution >= 4 is 5.91 Å². The van der Waals surface area contributed by atoms with E-state index in [2.05, 4.69) is 15.4 Å². The largest absolute Gasteiger partial charge is 0.493 e. The lowest BCUT2D eigenvalue weighted by Crippen LogP contribution is -2.30. The third-order valence-electron chi connectivity index (χ3n) is 4.29. The standard InChI is InChI=1S/C21H24N4O3/c1-15-23-21(17-7-5-4-6-8-17)25(24-15)14-20(26)22-12-11-16-9-10-18(27-2)19(13-16)28-3/h4-10,13H,11-12,14H2,1-3H3,(H,22,26). The number of nitrogens with zero attached hydrogens (tertiary/aromatic N) is 3. The molecule has 0 aliphatic carbocycles. The molecular weight excluding hydrogens is 356 g/mol. The second kappa shape index (κ2) is 9.03. The first-order chi connectivity index (χ1) is 13.6. The number of hydrogen-bond donors (Lipinski definition) is 1. The molecule has 7 heteroatoms. The van der Waals surface area contributed by atoms with E-state index in [1.54, 1.807) is 18.9 Å². The number of benzene rings is 2. The highest BCUT2D eigenvalue weighted by Gasteiger charge is 2.13. The summed E-state index contributed by atoms with van der Waals surface area (Å²) in [4.78, 5) is 16.8. The Kier molecular flexibility index (Phi) is 6.26. The number of aromatic nitrogens is 3. The molecule has 0 fully saturated rings. The molecule has 28 heavy (non-hydrogen) atoms. The number of methoxy groups -OCH3 is 2. The second-order valence-corrected chi connectivity index (χ2v) is 6.30. The Hall–Kier alpha value is -3.35. The molecule has 2 aromatic carbocycles. The molecule has 1 N–H and O–H groups in total. The minimum Gasteiger partial charge on any atom is -0.493 e. The van der Waals surface area contributed by atoms with Crippen LogP contribution < -0.4 is 14.8 Å². The van der Waals surface area contributed by atoms with Gasteiger partial charge in [0, 0.05) is 12.1 Å². The Bertz CT molecular complexity index is 938. The van der Waals surface area contributed by atoms with Crippen molar-refractivity contribution in [2.45, 2.75) is 19.9 Å². The van der Waals surface area contributed by atoms with Crippen LogP contribution in [0.5, 0.6) is 11.5 Å². The lowest BCUT2D eigenvalue weighted by molar-refractivity contribution is -0.121. The van der Waals surface area contributed by atoms with Crippen LogP contribution in [0.4, 0.5) is 0 Å². The quantitative estimate of drug-likeness (QED) is 0.650. The average molecular weight is 380 g/mol. The fraction of sp³-hybridized carbons (Fsp3) is 0.286. The van der Waals surface area contributed by atoms with Gasteiger partial charge in [-0.15, -0.1) is 0 Å². The molecule has 7 nitrogen and oxygen atoms in total. The van der Waals surface area contributed by atoms with Gasteiger partial charge in [0.15, 0.2) is 17.3 Å². The van der Waals surface area contributed by atoms with E-state index in [1.165, 1.54) is 0 Å². The maximum atomic E-state index is 12.4. The highest BCUT2D eigenvalue weighted by molar-refractivity contribution is 5.76. The number of amides is 1. The molecular formula is C21H24N4O3. The van der Waals surface area contributed by atoms with Crippen LogP contribution in [0.25, 0.3) is 11.4 Å². The number of carbonyl (C=O) groups is 1. The number of nitrogens with one attached hydrogen (secondary N) is 1.